The van der Waals surface area contributed by atoms with Crippen molar-refractivity contribution >= 4 is 25.1 Å². The number of amides is 1. The molecule has 1 amide bonds. The molecule has 1 saturated heterocycles. The fourth-order valence-corrected chi connectivity index (χ4v) is 2.60. The Labute approximate surface area is 93.8 Å². The predicted octanol–water partition coefficient (Wildman–Crippen LogP) is -0.169. The third-order valence-electron chi connectivity index (χ3n) is 2.28. The lowest BCUT2D eigenvalue weighted by molar-refractivity contribution is -0.130. The lowest BCUT2D eigenvalue weighted by atomic mass is 10.1. The molecule has 8 heteroatoms. The molecule has 0 aromatic heterocycles. The van der Waals surface area contributed by atoms with Crippen molar-refractivity contribution in [1.82, 2.24) is 9.99 Å². The SMILES string of the molecule is NP(N)(=O)N1CCC[C@H](NCCCl)C1=O. The molecule has 1 heterocycles. The highest BCUT2D eigenvalue weighted by atomic mass is 35.5. The zero-order valence-electron chi connectivity index (χ0n) is 8.36. The number of alkyl halides is 1. The van der Waals surface area contributed by atoms with Crippen LogP contribution in [0, 0.1) is 0 Å². The van der Waals surface area contributed by atoms with E-state index in [-0.39, 0.29) is 11.9 Å². The van der Waals surface area contributed by atoms with Crippen LogP contribution in [0.15, 0.2) is 0 Å². The van der Waals surface area contributed by atoms with Crippen LogP contribution in [-0.2, 0) is 9.36 Å². The fraction of sp³-hybridized carbons (Fsp3) is 0.857. The molecule has 0 bridgehead atoms. The second kappa shape index (κ2) is 5.27. The summed E-state index contributed by atoms with van der Waals surface area (Å²) in [5, 5.41) is 2.97. The van der Waals surface area contributed by atoms with Crippen LogP contribution in [-0.4, -0.2) is 35.6 Å². The Balaban J connectivity index is 2.63. The zero-order valence-corrected chi connectivity index (χ0v) is 10.0. The largest absolute Gasteiger partial charge is 0.305 e. The van der Waals surface area contributed by atoms with Crippen molar-refractivity contribution in [2.24, 2.45) is 11.0 Å². The summed E-state index contributed by atoms with van der Waals surface area (Å²) in [6.07, 6.45) is 1.44. The highest BCUT2D eigenvalue weighted by Crippen LogP contribution is 2.35. The Morgan fingerprint density at radius 2 is 2.27 bits per heavy atom. The van der Waals surface area contributed by atoms with Crippen molar-refractivity contribution in [2.75, 3.05) is 19.0 Å². The first-order valence-corrected chi connectivity index (χ1v) is 7.08. The van der Waals surface area contributed by atoms with Gasteiger partial charge >= 0.3 is 7.59 Å². The number of halogens is 1. The van der Waals surface area contributed by atoms with Gasteiger partial charge in [0.05, 0.1) is 6.04 Å². The van der Waals surface area contributed by atoms with E-state index in [0.29, 0.717) is 25.4 Å². The predicted molar refractivity (Wildman–Crippen MR) is 59.4 cm³/mol. The number of hydrogen-bond donors (Lipinski definition) is 3. The molecule has 0 radical (unpaired) electrons. The topological polar surface area (TPSA) is 101 Å². The van der Waals surface area contributed by atoms with E-state index in [1.807, 2.05) is 0 Å². The van der Waals surface area contributed by atoms with Gasteiger partial charge in [-0.2, -0.15) is 0 Å². The van der Waals surface area contributed by atoms with Crippen molar-refractivity contribution in [1.29, 1.82) is 0 Å². The summed E-state index contributed by atoms with van der Waals surface area (Å²) in [6, 6.07) is -0.363. The molecule has 0 saturated carbocycles. The molecular formula is C7H16ClN4O2P. The molecule has 5 N–H and O–H groups in total. The van der Waals surface area contributed by atoms with E-state index in [1.165, 1.54) is 0 Å². The van der Waals surface area contributed by atoms with Crippen molar-refractivity contribution in [3.63, 3.8) is 0 Å². The van der Waals surface area contributed by atoms with E-state index in [0.717, 1.165) is 11.1 Å². The highest BCUT2D eigenvalue weighted by molar-refractivity contribution is 7.57. The molecular weight excluding hydrogens is 239 g/mol. The summed E-state index contributed by atoms with van der Waals surface area (Å²) in [7, 11) is -3.46. The van der Waals surface area contributed by atoms with Gasteiger partial charge in [0.1, 0.15) is 0 Å². The maximum atomic E-state index is 11.8. The van der Waals surface area contributed by atoms with Crippen LogP contribution >= 0.6 is 19.2 Å². The molecule has 0 unspecified atom stereocenters. The van der Waals surface area contributed by atoms with E-state index in [9.17, 15) is 9.36 Å². The Morgan fingerprint density at radius 3 is 2.80 bits per heavy atom. The van der Waals surface area contributed by atoms with E-state index in [1.54, 1.807) is 0 Å². The van der Waals surface area contributed by atoms with Crippen LogP contribution < -0.4 is 16.3 Å². The Kier molecular flexibility index (Phi) is 4.55. The first-order chi connectivity index (χ1) is 6.96. The van der Waals surface area contributed by atoms with Gasteiger partial charge in [-0.1, -0.05) is 0 Å². The number of nitrogens with one attached hydrogen (secondary N) is 1. The molecule has 0 aromatic carbocycles. The second-order valence-electron chi connectivity index (χ2n) is 3.47. The molecule has 0 aliphatic carbocycles. The lowest BCUT2D eigenvalue weighted by Gasteiger charge is -2.34. The Hall–Kier alpha value is -0.130. The van der Waals surface area contributed by atoms with Crippen LogP contribution in [0.25, 0.3) is 0 Å². The van der Waals surface area contributed by atoms with Gasteiger partial charge in [-0.15, -0.1) is 11.6 Å². The number of piperidine rings is 1. The van der Waals surface area contributed by atoms with Gasteiger partial charge in [0, 0.05) is 19.0 Å². The van der Waals surface area contributed by atoms with Gasteiger partial charge in [0.15, 0.2) is 0 Å². The molecule has 6 nitrogen and oxygen atoms in total. The van der Waals surface area contributed by atoms with Gasteiger partial charge in [0.25, 0.3) is 0 Å². The van der Waals surface area contributed by atoms with Crippen molar-refractivity contribution in [3.8, 4) is 0 Å². The number of carbonyl (C=O) groups excluding carboxylic acids is 1. The zero-order chi connectivity index (χ0) is 11.5. The standard InChI is InChI=1S/C7H16ClN4O2P/c8-3-4-11-6-2-1-5-12(7(6)13)15(9,10)14/h6,11H,1-5H2,(H4,9,10,14)/t6-/m0/s1. The molecule has 1 rings (SSSR count). The maximum Gasteiger partial charge on any atom is 0.302 e. The average Bonchev–Trinajstić information content (AvgIpc) is 2.14. The van der Waals surface area contributed by atoms with Gasteiger partial charge < -0.3 is 5.32 Å². The van der Waals surface area contributed by atoms with Gasteiger partial charge in [-0.05, 0) is 12.8 Å². The van der Waals surface area contributed by atoms with Gasteiger partial charge in [-0.25, -0.2) is 0 Å². The number of carbonyl (C=O) groups is 1. The van der Waals surface area contributed by atoms with Crippen LogP contribution in [0.2, 0.25) is 0 Å². The summed E-state index contributed by atoms with van der Waals surface area (Å²) < 4.78 is 12.5. The van der Waals surface area contributed by atoms with Crippen LogP contribution in [0.5, 0.6) is 0 Å². The molecule has 1 atom stereocenters. The number of nitrogens with zero attached hydrogens (tertiary/aromatic N) is 1. The van der Waals surface area contributed by atoms with Crippen LogP contribution in [0.3, 0.4) is 0 Å². The summed E-state index contributed by atoms with van der Waals surface area (Å²) in [5.74, 6) is 0.131. The minimum atomic E-state index is -3.46. The quantitative estimate of drug-likeness (QED) is 0.478. The molecule has 1 aliphatic rings. The molecule has 0 spiro atoms. The fourth-order valence-electron chi connectivity index (χ4n) is 1.59. The second-order valence-corrected chi connectivity index (χ2v) is 5.68. The normalized spacial score (nSPS) is 23.3. The first-order valence-electron chi connectivity index (χ1n) is 4.75. The third kappa shape index (κ3) is 3.43. The molecule has 1 aliphatic heterocycles. The minimum absolute atomic E-state index is 0.292. The minimum Gasteiger partial charge on any atom is -0.305 e. The molecule has 88 valence electrons. The summed E-state index contributed by atoms with van der Waals surface area (Å²) >= 11 is 5.50. The summed E-state index contributed by atoms with van der Waals surface area (Å²) in [5.41, 5.74) is 10.6. The number of nitrogens with two attached hydrogens (primary N) is 2. The molecule has 1 fully saturated rings. The highest BCUT2D eigenvalue weighted by Gasteiger charge is 2.35. The number of rotatable bonds is 4. The third-order valence-corrected chi connectivity index (χ3v) is 3.62. The van der Waals surface area contributed by atoms with Gasteiger partial charge in [0.2, 0.25) is 5.91 Å². The lowest BCUT2D eigenvalue weighted by Crippen LogP contribution is -2.51. The van der Waals surface area contributed by atoms with E-state index in [4.69, 9.17) is 22.6 Å². The van der Waals surface area contributed by atoms with E-state index in [2.05, 4.69) is 5.32 Å². The smallest absolute Gasteiger partial charge is 0.302 e. The number of hydrogen-bond acceptors (Lipinski definition) is 3. The van der Waals surface area contributed by atoms with Gasteiger partial charge in [-0.3, -0.25) is 25.0 Å². The van der Waals surface area contributed by atoms with E-state index < -0.39 is 7.59 Å². The first kappa shape index (κ1) is 12.9. The van der Waals surface area contributed by atoms with Crippen molar-refractivity contribution < 1.29 is 9.36 Å². The molecule has 15 heavy (non-hydrogen) atoms. The molecule has 0 aromatic rings. The Bertz CT molecular complexity index is 282. The summed E-state index contributed by atoms with van der Waals surface area (Å²) in [4.78, 5) is 11.8. The van der Waals surface area contributed by atoms with E-state index >= 15 is 0 Å². The summed E-state index contributed by atoms with van der Waals surface area (Å²) in [6.45, 7) is 0.896. The Morgan fingerprint density at radius 1 is 1.60 bits per heavy atom. The van der Waals surface area contributed by atoms with Crippen LogP contribution in [0.4, 0.5) is 0 Å². The van der Waals surface area contributed by atoms with Crippen molar-refractivity contribution in [3.05, 3.63) is 0 Å². The van der Waals surface area contributed by atoms with Crippen LogP contribution in [0.1, 0.15) is 12.8 Å². The monoisotopic (exact) mass is 254 g/mol. The maximum absolute atomic E-state index is 11.8. The van der Waals surface area contributed by atoms with Crippen molar-refractivity contribution in [2.45, 2.75) is 18.9 Å². The average molecular weight is 255 g/mol.